The Kier molecular flexibility index (Phi) is 3.41. The highest BCUT2D eigenvalue weighted by molar-refractivity contribution is 6.71. The standard InChI is InChI=1S/C6H13NO4Si/c1-12(2,3)11-6(10)4(7)5(8)9/h4H,7H2,1-3H3,(H,8,9). The number of hydrogen-bond donors (Lipinski definition) is 2. The second-order valence-electron chi connectivity index (χ2n) is 3.35. The first-order chi connectivity index (χ1) is 5.24. The molecule has 0 radical (unpaired) electrons. The van der Waals surface area contributed by atoms with Crippen LogP contribution in [0.15, 0.2) is 0 Å². The van der Waals surface area contributed by atoms with Gasteiger partial charge >= 0.3 is 11.9 Å². The third kappa shape index (κ3) is 4.09. The Balaban J connectivity index is 4.15. The molecule has 6 heteroatoms. The van der Waals surface area contributed by atoms with E-state index in [1.165, 1.54) is 0 Å². The fraction of sp³-hybridized carbons (Fsp3) is 0.667. The smallest absolute Gasteiger partial charge is 0.332 e. The van der Waals surface area contributed by atoms with Crippen molar-refractivity contribution in [3.05, 3.63) is 0 Å². The number of aliphatic carboxylic acids is 1. The van der Waals surface area contributed by atoms with Crippen LogP contribution in [0.4, 0.5) is 0 Å². The summed E-state index contributed by atoms with van der Waals surface area (Å²) in [5.74, 6) is -2.22. The van der Waals surface area contributed by atoms with E-state index in [2.05, 4.69) is 0 Å². The maximum atomic E-state index is 10.9. The molecule has 0 aliphatic carbocycles. The van der Waals surface area contributed by atoms with Gasteiger partial charge in [-0.3, -0.25) is 4.79 Å². The normalized spacial score (nSPS) is 13.7. The molecule has 0 saturated carbocycles. The quantitative estimate of drug-likeness (QED) is 0.475. The molecule has 0 aliphatic heterocycles. The van der Waals surface area contributed by atoms with Crippen LogP contribution in [0.5, 0.6) is 0 Å². The van der Waals surface area contributed by atoms with E-state index in [4.69, 9.17) is 15.3 Å². The minimum absolute atomic E-state index is 0.860. The van der Waals surface area contributed by atoms with Crippen LogP contribution in [0.25, 0.3) is 0 Å². The first-order valence-electron chi connectivity index (χ1n) is 3.45. The average molecular weight is 191 g/mol. The van der Waals surface area contributed by atoms with Gasteiger partial charge in [0.05, 0.1) is 0 Å². The van der Waals surface area contributed by atoms with E-state index in [1.54, 1.807) is 19.6 Å². The third-order valence-corrected chi connectivity index (χ3v) is 1.74. The van der Waals surface area contributed by atoms with Gasteiger partial charge in [-0.05, 0) is 19.6 Å². The molecule has 3 N–H and O–H groups in total. The van der Waals surface area contributed by atoms with Gasteiger partial charge in [0.25, 0.3) is 0 Å². The van der Waals surface area contributed by atoms with Gasteiger partial charge in [0.1, 0.15) is 0 Å². The molecule has 0 bridgehead atoms. The predicted molar refractivity (Wildman–Crippen MR) is 45.0 cm³/mol. The predicted octanol–water partition coefficient (Wildman–Crippen LogP) is -0.224. The van der Waals surface area contributed by atoms with Crippen molar-refractivity contribution >= 4 is 20.3 Å². The van der Waals surface area contributed by atoms with Crippen molar-refractivity contribution in [1.82, 2.24) is 0 Å². The van der Waals surface area contributed by atoms with Gasteiger partial charge in [0, 0.05) is 0 Å². The summed E-state index contributed by atoms with van der Waals surface area (Å²) in [5.41, 5.74) is 5.02. The Bertz CT molecular complexity index is 198. The maximum absolute atomic E-state index is 10.9. The van der Waals surface area contributed by atoms with E-state index in [-0.39, 0.29) is 0 Å². The monoisotopic (exact) mass is 191 g/mol. The topological polar surface area (TPSA) is 89.6 Å². The molecular formula is C6H13NO4Si. The Morgan fingerprint density at radius 3 is 2.08 bits per heavy atom. The van der Waals surface area contributed by atoms with Crippen LogP contribution >= 0.6 is 0 Å². The Hall–Kier alpha value is -0.883. The summed E-state index contributed by atoms with van der Waals surface area (Å²) >= 11 is 0. The number of hydrogen-bond acceptors (Lipinski definition) is 4. The van der Waals surface area contributed by atoms with E-state index >= 15 is 0 Å². The highest BCUT2D eigenvalue weighted by Crippen LogP contribution is 2.03. The van der Waals surface area contributed by atoms with Gasteiger partial charge in [0.2, 0.25) is 14.4 Å². The van der Waals surface area contributed by atoms with Gasteiger partial charge in [-0.2, -0.15) is 0 Å². The van der Waals surface area contributed by atoms with Crippen LogP contribution < -0.4 is 5.73 Å². The van der Waals surface area contributed by atoms with E-state index in [0.29, 0.717) is 0 Å². The van der Waals surface area contributed by atoms with Crippen LogP contribution in [0, 0.1) is 0 Å². The maximum Gasteiger partial charge on any atom is 0.332 e. The highest BCUT2D eigenvalue weighted by atomic mass is 28.4. The van der Waals surface area contributed by atoms with Crippen molar-refractivity contribution < 1.29 is 19.1 Å². The van der Waals surface area contributed by atoms with E-state index < -0.39 is 26.3 Å². The number of carbonyl (C=O) groups excluding carboxylic acids is 1. The molecule has 0 spiro atoms. The highest BCUT2D eigenvalue weighted by Gasteiger charge is 2.28. The molecule has 0 fully saturated rings. The fourth-order valence-corrected chi connectivity index (χ4v) is 1.20. The third-order valence-electron chi connectivity index (χ3n) is 0.927. The molecule has 12 heavy (non-hydrogen) atoms. The zero-order valence-corrected chi connectivity index (χ0v) is 8.33. The lowest BCUT2D eigenvalue weighted by Crippen LogP contribution is -2.44. The largest absolute Gasteiger partial charge is 0.518 e. The molecule has 0 heterocycles. The van der Waals surface area contributed by atoms with Gasteiger partial charge in [-0.15, -0.1) is 0 Å². The van der Waals surface area contributed by atoms with Crippen LogP contribution in [-0.4, -0.2) is 31.4 Å². The Labute approximate surface area is 71.6 Å². The van der Waals surface area contributed by atoms with Gasteiger partial charge in [0.15, 0.2) is 0 Å². The molecule has 0 aromatic rings. The summed E-state index contributed by atoms with van der Waals surface area (Å²) in [4.78, 5) is 21.1. The van der Waals surface area contributed by atoms with Crippen molar-refractivity contribution in [2.75, 3.05) is 0 Å². The molecule has 0 aromatic heterocycles. The number of carboxylic acid groups (broad SMARTS) is 1. The summed E-state index contributed by atoms with van der Waals surface area (Å²) in [5, 5.41) is 8.34. The van der Waals surface area contributed by atoms with Crippen molar-refractivity contribution in [3.8, 4) is 0 Å². The zero-order chi connectivity index (χ0) is 9.94. The summed E-state index contributed by atoms with van der Waals surface area (Å²) < 4.78 is 4.85. The van der Waals surface area contributed by atoms with Crippen molar-refractivity contribution in [1.29, 1.82) is 0 Å². The zero-order valence-electron chi connectivity index (χ0n) is 7.33. The molecule has 70 valence electrons. The van der Waals surface area contributed by atoms with Crippen LogP contribution in [0.1, 0.15) is 0 Å². The van der Waals surface area contributed by atoms with E-state index in [1.807, 2.05) is 0 Å². The number of rotatable bonds is 3. The molecule has 0 aliphatic rings. The second-order valence-corrected chi connectivity index (χ2v) is 7.78. The number of carbonyl (C=O) groups is 2. The Morgan fingerprint density at radius 1 is 1.42 bits per heavy atom. The summed E-state index contributed by atoms with van der Waals surface area (Å²) in [7, 11) is -2.02. The summed E-state index contributed by atoms with van der Waals surface area (Å²) in [6.45, 7) is 5.33. The number of carboxylic acids is 1. The second kappa shape index (κ2) is 3.68. The molecule has 0 rings (SSSR count). The fourth-order valence-electron chi connectivity index (χ4n) is 0.466. The van der Waals surface area contributed by atoms with Crippen LogP contribution in [0.3, 0.4) is 0 Å². The average Bonchev–Trinajstić information content (AvgIpc) is 1.82. The summed E-state index contributed by atoms with van der Waals surface area (Å²) in [6, 6.07) is -1.56. The lowest BCUT2D eigenvalue weighted by molar-refractivity contribution is -0.148. The van der Waals surface area contributed by atoms with Crippen molar-refractivity contribution in [3.63, 3.8) is 0 Å². The van der Waals surface area contributed by atoms with Gasteiger partial charge in [-0.25, -0.2) is 4.79 Å². The van der Waals surface area contributed by atoms with Crippen LogP contribution in [0.2, 0.25) is 19.6 Å². The molecule has 5 nitrogen and oxygen atoms in total. The van der Waals surface area contributed by atoms with Gasteiger partial charge < -0.3 is 15.3 Å². The first-order valence-corrected chi connectivity index (χ1v) is 6.86. The van der Waals surface area contributed by atoms with Crippen molar-refractivity contribution in [2.45, 2.75) is 25.7 Å². The van der Waals surface area contributed by atoms with Crippen molar-refractivity contribution in [2.24, 2.45) is 5.73 Å². The van der Waals surface area contributed by atoms with E-state index in [0.717, 1.165) is 0 Å². The lowest BCUT2D eigenvalue weighted by Gasteiger charge is -2.18. The minimum Gasteiger partial charge on any atom is -0.518 e. The lowest BCUT2D eigenvalue weighted by atomic mass is 10.3. The summed E-state index contributed by atoms with van der Waals surface area (Å²) in [6.07, 6.45) is 0. The molecule has 1 unspecified atom stereocenters. The van der Waals surface area contributed by atoms with E-state index in [9.17, 15) is 9.59 Å². The SMILES string of the molecule is C[Si](C)(C)OC(=O)C(N)C(=O)O. The molecule has 0 aromatic carbocycles. The van der Waals surface area contributed by atoms with Gasteiger partial charge in [-0.1, -0.05) is 0 Å². The first kappa shape index (κ1) is 11.1. The molecule has 0 amide bonds. The minimum atomic E-state index is -2.02. The van der Waals surface area contributed by atoms with Crippen LogP contribution in [-0.2, 0) is 14.0 Å². The molecular weight excluding hydrogens is 178 g/mol. The number of nitrogens with two attached hydrogens (primary N) is 1. The Morgan fingerprint density at radius 2 is 1.83 bits per heavy atom. The molecule has 0 saturated heterocycles. The molecule has 1 atom stereocenters.